The van der Waals surface area contributed by atoms with Gasteiger partial charge in [-0.15, -0.1) is 0 Å². The second-order valence-electron chi connectivity index (χ2n) is 8.32. The number of anilines is 3. The fourth-order valence-corrected chi connectivity index (χ4v) is 5.06. The van der Waals surface area contributed by atoms with Crippen molar-refractivity contribution in [2.45, 2.75) is 11.1 Å². The lowest BCUT2D eigenvalue weighted by Gasteiger charge is -2.38. The van der Waals surface area contributed by atoms with Gasteiger partial charge in [-0.25, -0.2) is 22.4 Å². The SMILES string of the molecule is O=C(O)C(F)(F)F.O=C(O)c1ccc(N2CCN(c3ccccc3Cl)CC2)c(NS(=O)(=O)c2ccc(F)cc2)c1. The standard InChI is InChI=1S/C23H21ClFN3O4S.C2HF3O2/c24-19-3-1-2-4-21(19)27-11-13-28(14-12-27)22-10-5-16(23(29)30)15-20(22)26-33(31,32)18-8-6-17(25)7-9-18;3-2(4,5)1(6)7/h1-10,15,26H,11-14H2,(H,29,30);(H,6,7). The third kappa shape index (κ3) is 7.76. The van der Waals surface area contributed by atoms with Gasteiger partial charge in [0.05, 0.1) is 32.5 Å². The van der Waals surface area contributed by atoms with Crippen LogP contribution in [0.2, 0.25) is 5.02 Å². The van der Waals surface area contributed by atoms with E-state index in [2.05, 4.69) is 9.62 Å². The van der Waals surface area contributed by atoms with Crippen LogP contribution in [-0.4, -0.2) is 62.9 Å². The van der Waals surface area contributed by atoms with E-state index in [9.17, 15) is 35.9 Å². The molecular formula is C25H22ClF4N3O6S. The van der Waals surface area contributed by atoms with Gasteiger partial charge in [0.15, 0.2) is 0 Å². The fraction of sp³-hybridized carbons (Fsp3) is 0.200. The summed E-state index contributed by atoms with van der Waals surface area (Å²) in [5, 5.41) is 17.2. The Morgan fingerprint density at radius 2 is 1.38 bits per heavy atom. The molecule has 15 heteroatoms. The summed E-state index contributed by atoms with van der Waals surface area (Å²) in [4.78, 5) is 24.4. The second-order valence-corrected chi connectivity index (χ2v) is 10.4. The number of sulfonamides is 1. The highest BCUT2D eigenvalue weighted by Crippen LogP contribution is 2.32. The number of rotatable bonds is 6. The smallest absolute Gasteiger partial charge is 0.478 e. The molecule has 0 atom stereocenters. The monoisotopic (exact) mass is 603 g/mol. The number of carboxylic acid groups (broad SMARTS) is 2. The summed E-state index contributed by atoms with van der Waals surface area (Å²) in [6.45, 7) is 2.44. The van der Waals surface area contributed by atoms with Crippen molar-refractivity contribution in [1.29, 1.82) is 0 Å². The Labute approximate surface area is 231 Å². The molecule has 40 heavy (non-hydrogen) atoms. The van der Waals surface area contributed by atoms with E-state index >= 15 is 0 Å². The average Bonchev–Trinajstić information content (AvgIpc) is 2.89. The van der Waals surface area contributed by atoms with Crippen molar-refractivity contribution in [3.8, 4) is 0 Å². The highest BCUT2D eigenvalue weighted by molar-refractivity contribution is 7.92. The summed E-state index contributed by atoms with van der Waals surface area (Å²) >= 11 is 6.31. The summed E-state index contributed by atoms with van der Waals surface area (Å²) in [7, 11) is -4.06. The largest absolute Gasteiger partial charge is 0.490 e. The fourth-order valence-electron chi connectivity index (χ4n) is 3.74. The van der Waals surface area contributed by atoms with Gasteiger partial charge < -0.3 is 20.0 Å². The number of aliphatic carboxylic acids is 1. The molecule has 1 fully saturated rings. The zero-order chi connectivity index (χ0) is 29.7. The molecule has 1 saturated heterocycles. The van der Waals surface area contributed by atoms with E-state index in [1.54, 1.807) is 6.07 Å². The van der Waals surface area contributed by atoms with E-state index in [-0.39, 0.29) is 16.1 Å². The van der Waals surface area contributed by atoms with Crippen molar-refractivity contribution in [3.63, 3.8) is 0 Å². The number of para-hydroxylation sites is 1. The van der Waals surface area contributed by atoms with Gasteiger partial charge in [0.1, 0.15) is 5.82 Å². The summed E-state index contributed by atoms with van der Waals surface area (Å²) in [6.07, 6.45) is -5.08. The van der Waals surface area contributed by atoms with E-state index in [1.165, 1.54) is 12.1 Å². The van der Waals surface area contributed by atoms with Gasteiger partial charge in [-0.1, -0.05) is 23.7 Å². The number of alkyl halides is 3. The van der Waals surface area contributed by atoms with Gasteiger partial charge >= 0.3 is 18.1 Å². The topological polar surface area (TPSA) is 127 Å². The number of carboxylic acids is 2. The molecule has 214 valence electrons. The van der Waals surface area contributed by atoms with Crippen LogP contribution in [0.3, 0.4) is 0 Å². The summed E-state index contributed by atoms with van der Waals surface area (Å²) in [6, 6.07) is 16.3. The molecule has 0 aliphatic carbocycles. The van der Waals surface area contributed by atoms with E-state index in [1.807, 2.05) is 29.2 Å². The molecule has 4 rings (SSSR count). The molecule has 3 N–H and O–H groups in total. The van der Waals surface area contributed by atoms with Crippen LogP contribution in [0.25, 0.3) is 0 Å². The third-order valence-corrected chi connectivity index (χ3v) is 7.37. The van der Waals surface area contributed by atoms with E-state index in [4.69, 9.17) is 21.5 Å². The third-order valence-electron chi connectivity index (χ3n) is 5.67. The molecule has 0 saturated carbocycles. The predicted octanol–water partition coefficient (Wildman–Crippen LogP) is 4.94. The number of nitrogens with one attached hydrogen (secondary N) is 1. The van der Waals surface area contributed by atoms with Crippen LogP contribution in [0.4, 0.5) is 34.6 Å². The molecule has 3 aromatic rings. The first-order chi connectivity index (χ1) is 18.7. The van der Waals surface area contributed by atoms with Gasteiger partial charge in [-0.3, -0.25) is 4.72 Å². The van der Waals surface area contributed by atoms with E-state index in [0.717, 1.165) is 30.0 Å². The van der Waals surface area contributed by atoms with Crippen molar-refractivity contribution in [2.24, 2.45) is 0 Å². The van der Waals surface area contributed by atoms with E-state index < -0.39 is 34.0 Å². The maximum atomic E-state index is 13.2. The van der Waals surface area contributed by atoms with Crippen LogP contribution < -0.4 is 14.5 Å². The van der Waals surface area contributed by atoms with Gasteiger partial charge in [-0.05, 0) is 54.6 Å². The van der Waals surface area contributed by atoms with Crippen molar-refractivity contribution in [3.05, 3.63) is 83.1 Å². The molecule has 0 spiro atoms. The minimum absolute atomic E-state index is 0.0507. The number of benzene rings is 3. The van der Waals surface area contributed by atoms with Crippen molar-refractivity contribution >= 4 is 50.6 Å². The first-order valence-corrected chi connectivity index (χ1v) is 13.3. The molecule has 0 radical (unpaired) electrons. The maximum absolute atomic E-state index is 13.2. The predicted molar refractivity (Wildman–Crippen MR) is 140 cm³/mol. The number of halogens is 5. The van der Waals surface area contributed by atoms with Gasteiger partial charge in [0.25, 0.3) is 10.0 Å². The zero-order valence-corrected chi connectivity index (χ0v) is 22.0. The Hall–Kier alpha value is -4.04. The van der Waals surface area contributed by atoms with Crippen LogP contribution in [0.15, 0.2) is 71.6 Å². The Balaban J connectivity index is 0.000000559. The number of hydrogen-bond acceptors (Lipinski definition) is 6. The minimum Gasteiger partial charge on any atom is -0.478 e. The molecule has 1 aliphatic rings. The van der Waals surface area contributed by atoms with Gasteiger partial charge in [-0.2, -0.15) is 13.2 Å². The molecule has 9 nitrogen and oxygen atoms in total. The van der Waals surface area contributed by atoms with Crippen LogP contribution in [-0.2, 0) is 14.8 Å². The van der Waals surface area contributed by atoms with Crippen LogP contribution in [0, 0.1) is 5.82 Å². The molecule has 0 bridgehead atoms. The zero-order valence-electron chi connectivity index (χ0n) is 20.4. The molecule has 0 aromatic heterocycles. The number of aromatic carboxylic acids is 1. The molecule has 1 heterocycles. The van der Waals surface area contributed by atoms with Gasteiger partial charge in [0.2, 0.25) is 0 Å². The van der Waals surface area contributed by atoms with Crippen LogP contribution in [0.1, 0.15) is 10.4 Å². The van der Waals surface area contributed by atoms with Crippen molar-refractivity contribution in [2.75, 3.05) is 40.7 Å². The number of hydrogen-bond donors (Lipinski definition) is 3. The quantitative estimate of drug-likeness (QED) is 0.338. The highest BCUT2D eigenvalue weighted by atomic mass is 35.5. The van der Waals surface area contributed by atoms with E-state index in [0.29, 0.717) is 36.9 Å². The first-order valence-electron chi connectivity index (χ1n) is 11.4. The second kappa shape index (κ2) is 12.4. The number of nitrogens with zero attached hydrogens (tertiary/aromatic N) is 2. The Bertz CT molecular complexity index is 1480. The van der Waals surface area contributed by atoms with Crippen molar-refractivity contribution in [1.82, 2.24) is 0 Å². The minimum atomic E-state index is -5.08. The van der Waals surface area contributed by atoms with Crippen molar-refractivity contribution < 1.29 is 45.8 Å². The molecule has 0 unspecified atom stereocenters. The Morgan fingerprint density at radius 1 is 0.850 bits per heavy atom. The molecular weight excluding hydrogens is 582 g/mol. The normalized spacial score (nSPS) is 13.7. The number of piperazine rings is 1. The summed E-state index contributed by atoms with van der Waals surface area (Å²) in [5.74, 6) is -4.49. The Morgan fingerprint density at radius 3 is 1.88 bits per heavy atom. The summed E-state index contributed by atoms with van der Waals surface area (Å²) in [5.41, 5.74) is 1.58. The maximum Gasteiger partial charge on any atom is 0.490 e. The summed E-state index contributed by atoms with van der Waals surface area (Å²) < 4.78 is 73.2. The lowest BCUT2D eigenvalue weighted by Crippen LogP contribution is -2.46. The molecule has 1 aliphatic heterocycles. The average molecular weight is 604 g/mol. The molecule has 3 aromatic carbocycles. The Kier molecular flexibility index (Phi) is 9.48. The lowest BCUT2D eigenvalue weighted by atomic mass is 10.1. The first kappa shape index (κ1) is 30.5. The van der Waals surface area contributed by atoms with Crippen LogP contribution in [0.5, 0.6) is 0 Å². The van der Waals surface area contributed by atoms with Crippen LogP contribution >= 0.6 is 11.6 Å². The lowest BCUT2D eigenvalue weighted by molar-refractivity contribution is -0.192. The molecule has 0 amide bonds. The highest BCUT2D eigenvalue weighted by Gasteiger charge is 2.38. The number of carbonyl (C=O) groups is 2. The van der Waals surface area contributed by atoms with Gasteiger partial charge in [0, 0.05) is 26.2 Å².